The number of hydrogen-bond donors (Lipinski definition) is 3. The van der Waals surface area contributed by atoms with Crippen LogP contribution in [0.5, 0.6) is 0 Å². The lowest BCUT2D eigenvalue weighted by Crippen LogP contribution is -2.53. The zero-order valence-electron chi connectivity index (χ0n) is 25.4. The molecule has 2 fully saturated rings. The van der Waals surface area contributed by atoms with E-state index in [1.165, 1.54) is 24.3 Å². The van der Waals surface area contributed by atoms with Crippen molar-refractivity contribution in [1.82, 2.24) is 9.62 Å². The number of ether oxygens (including phenoxy) is 1. The van der Waals surface area contributed by atoms with Crippen molar-refractivity contribution in [2.24, 2.45) is 22.2 Å². The minimum absolute atomic E-state index is 0.0321. The predicted octanol–water partition coefficient (Wildman–Crippen LogP) is 4.36. The molecule has 4 aliphatic rings. The molecular weight excluding hydrogens is 664 g/mol. The van der Waals surface area contributed by atoms with Gasteiger partial charge in [-0.15, -0.1) is 4.40 Å². The molecule has 2 bridgehead atoms. The van der Waals surface area contributed by atoms with Crippen molar-refractivity contribution in [3.05, 3.63) is 107 Å². The van der Waals surface area contributed by atoms with Gasteiger partial charge in [0.25, 0.3) is 15.9 Å². The van der Waals surface area contributed by atoms with Crippen LogP contribution in [0.2, 0.25) is 0 Å². The smallest absolute Gasteiger partial charge is 0.421 e. The number of halogens is 1. The van der Waals surface area contributed by atoms with Crippen molar-refractivity contribution in [3.8, 4) is 0 Å². The van der Waals surface area contributed by atoms with Gasteiger partial charge in [-0.05, 0) is 72.1 Å². The number of carbonyl (C=O) groups excluding carboxylic acids is 2. The average Bonchev–Trinajstić information content (AvgIpc) is 3.66. The Morgan fingerprint density at radius 3 is 2.48 bits per heavy atom. The molecule has 3 aromatic rings. The lowest BCUT2D eigenvalue weighted by atomic mass is 9.77. The molecule has 0 aromatic heterocycles. The summed E-state index contributed by atoms with van der Waals surface area (Å²) in [5, 5.41) is 14.4. The van der Waals surface area contributed by atoms with Crippen LogP contribution >= 0.6 is 0 Å². The van der Waals surface area contributed by atoms with Gasteiger partial charge in [-0.3, -0.25) is 4.79 Å². The van der Waals surface area contributed by atoms with Crippen LogP contribution in [0.3, 0.4) is 0 Å². The summed E-state index contributed by atoms with van der Waals surface area (Å²) in [6.07, 6.45) is 1.42. The number of aliphatic hydroxyl groups excluding tert-OH is 1. The van der Waals surface area contributed by atoms with Gasteiger partial charge in [-0.25, -0.2) is 22.3 Å². The van der Waals surface area contributed by atoms with E-state index in [4.69, 9.17) is 4.74 Å². The molecule has 2 heterocycles. The van der Waals surface area contributed by atoms with E-state index in [1.54, 1.807) is 47.4 Å². The first kappa shape index (κ1) is 31.8. The number of rotatable bonds is 8. The fraction of sp³-hybridized carbons (Fsp3) is 0.303. The molecule has 0 unspecified atom stereocenters. The van der Waals surface area contributed by atoms with Gasteiger partial charge in [0.1, 0.15) is 28.7 Å². The molecule has 0 saturated heterocycles. The second kappa shape index (κ2) is 12.0. The highest BCUT2D eigenvalue weighted by Gasteiger charge is 2.57. The van der Waals surface area contributed by atoms with Crippen LogP contribution in [0.1, 0.15) is 36.0 Å². The lowest BCUT2D eigenvalue weighted by Gasteiger charge is -2.44. The van der Waals surface area contributed by atoms with Crippen LogP contribution in [-0.4, -0.2) is 50.7 Å². The molecule has 48 heavy (non-hydrogen) atoms. The molecule has 0 radical (unpaired) electrons. The van der Waals surface area contributed by atoms with Gasteiger partial charge in [0, 0.05) is 18.5 Å². The highest BCUT2D eigenvalue weighted by atomic mass is 32.2. The van der Waals surface area contributed by atoms with Crippen molar-refractivity contribution in [2.45, 2.75) is 49.1 Å². The minimum Gasteiger partial charge on any atom is -0.511 e. The van der Waals surface area contributed by atoms with E-state index < -0.39 is 49.5 Å². The Morgan fingerprint density at radius 2 is 1.73 bits per heavy atom. The fourth-order valence-corrected chi connectivity index (χ4v) is 9.55. The normalized spacial score (nSPS) is 24.0. The molecule has 3 N–H and O–H groups in total. The molecule has 2 amide bonds. The standard InChI is InChI=1S/C33H31FN4O8S2/c34-24-11-6-19(7-12-24)16-38-29-23-10-9-22(15-23)27(29)30(39)28(32(38)40)31-35-25-13-8-21(14-26(25)48(44,45)36-31)18-47(42,43)37-33(41)46-17-20-4-2-1-3-5-20/h1-8,11-14,22-23,27,29,39H,9-10,15-18H2,(H,35,36)(H,37,41)/t22-,23+,27+,29-/m0/s1. The number of benzene rings is 3. The van der Waals surface area contributed by atoms with Gasteiger partial charge in [0.2, 0.25) is 10.0 Å². The van der Waals surface area contributed by atoms with E-state index >= 15 is 0 Å². The second-order valence-corrected chi connectivity index (χ2v) is 15.8. The number of fused-ring (bicyclic) bond motifs is 6. The number of amides is 2. The summed E-state index contributed by atoms with van der Waals surface area (Å²) in [6, 6.07) is 18.0. The molecular formula is C33H31FN4O8S2. The summed E-state index contributed by atoms with van der Waals surface area (Å²) in [4.78, 5) is 27.5. The van der Waals surface area contributed by atoms with Crippen molar-refractivity contribution >= 4 is 43.6 Å². The number of aliphatic hydroxyl groups is 1. The Hall–Kier alpha value is -4.76. The lowest BCUT2D eigenvalue weighted by molar-refractivity contribution is -0.134. The van der Waals surface area contributed by atoms with Gasteiger partial charge in [-0.2, -0.15) is 8.42 Å². The Kier molecular flexibility index (Phi) is 7.98. The molecule has 3 aromatic carbocycles. The van der Waals surface area contributed by atoms with E-state index in [1.807, 2.05) is 4.72 Å². The molecule has 7 rings (SSSR count). The van der Waals surface area contributed by atoms with Crippen LogP contribution in [0, 0.1) is 23.6 Å². The molecule has 0 spiro atoms. The van der Waals surface area contributed by atoms with Gasteiger partial charge >= 0.3 is 6.09 Å². The summed E-state index contributed by atoms with van der Waals surface area (Å²) in [5.41, 5.74) is 1.18. The Balaban J connectivity index is 1.12. The Bertz CT molecular complexity index is 2090. The van der Waals surface area contributed by atoms with Gasteiger partial charge in [0.15, 0.2) is 5.84 Å². The zero-order chi connectivity index (χ0) is 33.8. The average molecular weight is 695 g/mol. The number of nitrogens with zero attached hydrogens (tertiary/aromatic N) is 2. The number of anilines is 1. The minimum atomic E-state index is -4.48. The first-order chi connectivity index (χ1) is 22.9. The first-order valence-corrected chi connectivity index (χ1v) is 18.4. The van der Waals surface area contributed by atoms with Crippen LogP contribution in [0.15, 0.2) is 93.4 Å². The number of carbonyl (C=O) groups is 2. The molecule has 4 atom stereocenters. The number of hydrogen-bond acceptors (Lipinski definition) is 9. The molecule has 2 saturated carbocycles. The maximum atomic E-state index is 14.1. The van der Waals surface area contributed by atoms with E-state index in [9.17, 15) is 35.9 Å². The highest BCUT2D eigenvalue weighted by molar-refractivity contribution is 7.90. The van der Waals surface area contributed by atoms with E-state index in [0.717, 1.165) is 25.3 Å². The van der Waals surface area contributed by atoms with Gasteiger partial charge < -0.3 is 20.1 Å². The number of sulfonamides is 2. The van der Waals surface area contributed by atoms with E-state index in [2.05, 4.69) is 9.71 Å². The third kappa shape index (κ3) is 6.03. The maximum Gasteiger partial charge on any atom is 0.421 e. The Morgan fingerprint density at radius 1 is 1.02 bits per heavy atom. The molecule has 15 heteroatoms. The first-order valence-electron chi connectivity index (χ1n) is 15.3. The van der Waals surface area contributed by atoms with Crippen LogP contribution < -0.4 is 10.0 Å². The largest absolute Gasteiger partial charge is 0.511 e. The zero-order valence-corrected chi connectivity index (χ0v) is 27.0. The van der Waals surface area contributed by atoms with E-state index in [-0.39, 0.29) is 64.3 Å². The number of amidine groups is 1. The van der Waals surface area contributed by atoms with Crippen molar-refractivity contribution < 1.29 is 40.7 Å². The Labute approximate surface area is 276 Å². The fourth-order valence-electron chi connectivity index (χ4n) is 7.37. The number of nitrogens with one attached hydrogen (secondary N) is 2. The SMILES string of the molecule is O=C(NS(=O)(=O)Cc1ccc2c(c1)S(=O)(=O)N=C(C1=C(O)[C@@H]3[C@H]4CC[C@H](C4)[C@@H]3N(Cc3ccc(F)cc3)C1=O)N2)OCc1ccccc1. The summed E-state index contributed by atoms with van der Waals surface area (Å²) in [5.74, 6) is -2.39. The van der Waals surface area contributed by atoms with Crippen LogP contribution in [-0.2, 0) is 48.5 Å². The van der Waals surface area contributed by atoms with Crippen molar-refractivity contribution in [1.29, 1.82) is 0 Å². The quantitative estimate of drug-likeness (QED) is 0.310. The van der Waals surface area contributed by atoms with Crippen molar-refractivity contribution in [3.63, 3.8) is 0 Å². The third-order valence-electron chi connectivity index (χ3n) is 9.38. The molecule has 2 aliphatic heterocycles. The third-order valence-corrected chi connectivity index (χ3v) is 11.9. The highest BCUT2D eigenvalue weighted by Crippen LogP contribution is 2.55. The molecule has 2 aliphatic carbocycles. The molecule has 250 valence electrons. The summed E-state index contributed by atoms with van der Waals surface area (Å²) < 4.78 is 76.7. The van der Waals surface area contributed by atoms with Crippen molar-refractivity contribution in [2.75, 3.05) is 5.32 Å². The maximum absolute atomic E-state index is 14.1. The predicted molar refractivity (Wildman–Crippen MR) is 172 cm³/mol. The molecule has 12 nitrogen and oxygen atoms in total. The van der Waals surface area contributed by atoms with Gasteiger partial charge in [0.05, 0.1) is 11.4 Å². The summed E-state index contributed by atoms with van der Waals surface area (Å²) in [6.45, 7) is -0.00498. The van der Waals surface area contributed by atoms with Gasteiger partial charge in [-0.1, -0.05) is 48.5 Å². The monoisotopic (exact) mass is 694 g/mol. The topological polar surface area (TPSA) is 172 Å². The summed E-state index contributed by atoms with van der Waals surface area (Å²) in [7, 11) is -8.76. The van der Waals surface area contributed by atoms with E-state index in [0.29, 0.717) is 11.1 Å². The summed E-state index contributed by atoms with van der Waals surface area (Å²) >= 11 is 0. The second-order valence-electron chi connectivity index (χ2n) is 12.5. The van der Waals surface area contributed by atoms with Crippen LogP contribution in [0.4, 0.5) is 14.9 Å². The van der Waals surface area contributed by atoms with Crippen LogP contribution in [0.25, 0.3) is 0 Å².